The molecule has 0 saturated carbocycles. The lowest BCUT2D eigenvalue weighted by Gasteiger charge is -2.13. The highest BCUT2D eigenvalue weighted by Crippen LogP contribution is 2.12. The van der Waals surface area contributed by atoms with Gasteiger partial charge in [0.1, 0.15) is 0 Å². The molecule has 0 rings (SSSR count). The quantitative estimate of drug-likeness (QED) is 0.478. The van der Waals surface area contributed by atoms with Gasteiger partial charge in [-0.3, -0.25) is 0 Å². The van der Waals surface area contributed by atoms with E-state index in [-0.39, 0.29) is 24.6 Å². The number of hydrogen-bond acceptors (Lipinski definition) is 4. The van der Waals surface area contributed by atoms with Gasteiger partial charge in [0.15, 0.2) is 0 Å². The van der Waals surface area contributed by atoms with Gasteiger partial charge in [-0.15, -0.1) is 0 Å². The molecule has 5 heteroatoms. The fraction of sp³-hybridized carbons (Fsp3) is 0.625. The lowest BCUT2D eigenvalue weighted by Crippen LogP contribution is -2.12. The van der Waals surface area contributed by atoms with Crippen LogP contribution in [0.4, 0.5) is 0 Å². The van der Waals surface area contributed by atoms with Crippen molar-refractivity contribution in [3.8, 4) is 0 Å². The molecule has 1 unspecified atom stereocenters. The topological polar surface area (TPSA) is 83.8 Å². The lowest BCUT2D eigenvalue weighted by atomic mass is 10.0. The van der Waals surface area contributed by atoms with Gasteiger partial charge in [0.2, 0.25) is 0 Å². The molecular formula is C16H28O5. The summed E-state index contributed by atoms with van der Waals surface area (Å²) in [5, 5.41) is 16.3. The molecule has 0 aromatic rings. The highest BCUT2D eigenvalue weighted by atomic mass is 16.5. The van der Waals surface area contributed by atoms with Crippen molar-refractivity contribution in [2.45, 2.75) is 46.0 Å². The molecule has 0 aliphatic rings. The van der Waals surface area contributed by atoms with Crippen LogP contribution in [0.25, 0.3) is 0 Å². The summed E-state index contributed by atoms with van der Waals surface area (Å²) < 4.78 is 4.98. The van der Waals surface area contributed by atoms with Crippen molar-refractivity contribution in [3.63, 3.8) is 0 Å². The van der Waals surface area contributed by atoms with E-state index in [9.17, 15) is 9.59 Å². The van der Waals surface area contributed by atoms with E-state index >= 15 is 0 Å². The summed E-state index contributed by atoms with van der Waals surface area (Å²) in [4.78, 5) is 20.6. The fourth-order valence-electron chi connectivity index (χ4n) is 1.40. The van der Waals surface area contributed by atoms with Crippen LogP contribution in [0.5, 0.6) is 0 Å². The molecule has 0 aromatic carbocycles. The maximum atomic E-state index is 10.8. The van der Waals surface area contributed by atoms with Gasteiger partial charge in [-0.1, -0.05) is 46.3 Å². The number of unbranched alkanes of at least 4 members (excludes halogenated alkanes) is 1. The zero-order valence-electron chi connectivity index (χ0n) is 13.1. The van der Waals surface area contributed by atoms with Crippen molar-refractivity contribution in [1.82, 2.24) is 0 Å². The number of ether oxygens (including phenoxy) is 1. The van der Waals surface area contributed by atoms with E-state index in [4.69, 9.17) is 14.9 Å². The molecule has 0 aliphatic heterocycles. The van der Waals surface area contributed by atoms with Gasteiger partial charge < -0.3 is 14.9 Å². The predicted octanol–water partition coefficient (Wildman–Crippen LogP) is 2.94. The first kappa shape index (κ1) is 21.7. The molecule has 0 aliphatic carbocycles. The summed E-state index contributed by atoms with van der Waals surface area (Å²) in [5.41, 5.74) is 0.0486. The largest absolute Gasteiger partial charge is 0.478 e. The Labute approximate surface area is 127 Å². The molecule has 0 amide bonds. The predicted molar refractivity (Wildman–Crippen MR) is 82.9 cm³/mol. The number of hydrogen-bond donors (Lipinski definition) is 2. The van der Waals surface area contributed by atoms with Crippen molar-refractivity contribution in [2.24, 2.45) is 5.92 Å². The Hall–Kier alpha value is -1.62. The van der Waals surface area contributed by atoms with E-state index in [1.807, 2.05) is 0 Å². The van der Waals surface area contributed by atoms with Crippen molar-refractivity contribution in [1.29, 1.82) is 0 Å². The van der Waals surface area contributed by atoms with Crippen LogP contribution in [-0.4, -0.2) is 35.4 Å². The Morgan fingerprint density at radius 2 is 1.95 bits per heavy atom. The third-order valence-electron chi connectivity index (χ3n) is 2.89. The molecule has 0 bridgehead atoms. The highest BCUT2D eigenvalue weighted by molar-refractivity contribution is 5.85. The molecule has 0 aromatic heterocycles. The summed E-state index contributed by atoms with van der Waals surface area (Å²) in [6.07, 6.45) is 6.00. The minimum atomic E-state index is -1.04. The number of aliphatic hydroxyl groups excluding tert-OH is 1. The number of carboxylic acid groups (broad SMARTS) is 1. The molecule has 0 heterocycles. The first-order valence-corrected chi connectivity index (χ1v) is 7.23. The lowest BCUT2D eigenvalue weighted by molar-refractivity contribution is -0.139. The van der Waals surface area contributed by atoms with E-state index in [1.54, 1.807) is 0 Å². The van der Waals surface area contributed by atoms with Gasteiger partial charge in [0.05, 0.1) is 6.61 Å². The second-order valence-corrected chi connectivity index (χ2v) is 4.63. The molecule has 0 saturated heterocycles. The number of carboxylic acids is 1. The van der Waals surface area contributed by atoms with Crippen LogP contribution in [0.15, 0.2) is 24.8 Å². The Kier molecular flexibility index (Phi) is 15.3. The molecule has 21 heavy (non-hydrogen) atoms. The molecule has 1 atom stereocenters. The average Bonchev–Trinajstić information content (AvgIpc) is 2.48. The first-order chi connectivity index (χ1) is 9.92. The summed E-state index contributed by atoms with van der Waals surface area (Å²) >= 11 is 0. The number of rotatable bonds is 10. The standard InChI is InChI=1S/C11H20O2.C5H8O3/c1-4-7-8-10(5-2)9-13-11(12)6-3;1-4(2-3-6)5(7)8/h6,10H,3-5,7-9H2,1-2H3;6H,1-3H2,(H,7,8). The summed E-state index contributed by atoms with van der Waals surface area (Å²) in [6.45, 7) is 11.2. The maximum absolute atomic E-state index is 10.8. The first-order valence-electron chi connectivity index (χ1n) is 7.23. The molecule has 122 valence electrons. The van der Waals surface area contributed by atoms with Gasteiger partial charge in [0.25, 0.3) is 0 Å². The average molecular weight is 300 g/mol. The monoisotopic (exact) mass is 300 g/mol. The summed E-state index contributed by atoms with van der Waals surface area (Å²) in [7, 11) is 0. The molecule has 0 radical (unpaired) electrons. The Morgan fingerprint density at radius 1 is 1.33 bits per heavy atom. The normalized spacial score (nSPS) is 10.8. The molecule has 5 nitrogen and oxygen atoms in total. The SMILES string of the molecule is C=C(CCO)C(=O)O.C=CC(=O)OCC(CC)CCCC. The van der Waals surface area contributed by atoms with Crippen molar-refractivity contribution in [3.05, 3.63) is 24.8 Å². The number of aliphatic hydroxyl groups is 1. The van der Waals surface area contributed by atoms with Gasteiger partial charge in [0, 0.05) is 24.7 Å². The third kappa shape index (κ3) is 14.6. The number of esters is 1. The van der Waals surface area contributed by atoms with Crippen molar-refractivity contribution in [2.75, 3.05) is 13.2 Å². The summed E-state index contributed by atoms with van der Waals surface area (Å²) in [5.74, 6) is -0.835. The summed E-state index contributed by atoms with van der Waals surface area (Å²) in [6, 6.07) is 0. The Bertz CT molecular complexity index is 323. The van der Waals surface area contributed by atoms with E-state index in [0.717, 1.165) is 12.8 Å². The van der Waals surface area contributed by atoms with Crippen LogP contribution in [0.2, 0.25) is 0 Å². The van der Waals surface area contributed by atoms with Crippen LogP contribution < -0.4 is 0 Å². The van der Waals surface area contributed by atoms with Crippen molar-refractivity contribution < 1.29 is 24.5 Å². The van der Waals surface area contributed by atoms with Crippen LogP contribution in [0.3, 0.4) is 0 Å². The van der Waals surface area contributed by atoms with E-state index in [0.29, 0.717) is 12.5 Å². The number of carbonyl (C=O) groups excluding carboxylic acids is 1. The van der Waals surface area contributed by atoms with E-state index in [1.165, 1.54) is 18.9 Å². The third-order valence-corrected chi connectivity index (χ3v) is 2.89. The van der Waals surface area contributed by atoms with Crippen LogP contribution in [0.1, 0.15) is 46.0 Å². The van der Waals surface area contributed by atoms with Crippen LogP contribution >= 0.6 is 0 Å². The fourth-order valence-corrected chi connectivity index (χ4v) is 1.40. The number of carbonyl (C=O) groups is 2. The van der Waals surface area contributed by atoms with Gasteiger partial charge in [-0.25, -0.2) is 9.59 Å². The smallest absolute Gasteiger partial charge is 0.331 e. The highest BCUT2D eigenvalue weighted by Gasteiger charge is 2.07. The van der Waals surface area contributed by atoms with E-state index in [2.05, 4.69) is 27.0 Å². The van der Waals surface area contributed by atoms with Gasteiger partial charge >= 0.3 is 11.9 Å². The molecule has 0 fully saturated rings. The molecule has 2 N–H and O–H groups in total. The second-order valence-electron chi connectivity index (χ2n) is 4.63. The second kappa shape index (κ2) is 14.8. The van der Waals surface area contributed by atoms with Gasteiger partial charge in [-0.2, -0.15) is 0 Å². The van der Waals surface area contributed by atoms with Crippen LogP contribution in [-0.2, 0) is 14.3 Å². The van der Waals surface area contributed by atoms with E-state index < -0.39 is 5.97 Å². The Balaban J connectivity index is 0. The van der Waals surface area contributed by atoms with Crippen molar-refractivity contribution >= 4 is 11.9 Å². The maximum Gasteiger partial charge on any atom is 0.331 e. The zero-order chi connectivity index (χ0) is 16.7. The molecule has 0 spiro atoms. The Morgan fingerprint density at radius 3 is 2.29 bits per heavy atom. The molecular weight excluding hydrogens is 272 g/mol. The minimum absolute atomic E-state index is 0.0486. The zero-order valence-corrected chi connectivity index (χ0v) is 13.1. The van der Waals surface area contributed by atoms with Crippen LogP contribution in [0, 0.1) is 5.92 Å². The number of aliphatic carboxylic acids is 1. The minimum Gasteiger partial charge on any atom is -0.478 e. The van der Waals surface area contributed by atoms with Gasteiger partial charge in [-0.05, 0) is 12.3 Å².